The van der Waals surface area contributed by atoms with Crippen molar-refractivity contribution in [2.24, 2.45) is 11.8 Å². The van der Waals surface area contributed by atoms with Crippen LogP contribution in [-0.2, 0) is 19.0 Å². The summed E-state index contributed by atoms with van der Waals surface area (Å²) in [5, 5.41) is 2.43. The van der Waals surface area contributed by atoms with Gasteiger partial charge < -0.3 is 24.4 Å². The second-order valence-electron chi connectivity index (χ2n) is 7.02. The van der Waals surface area contributed by atoms with Crippen molar-refractivity contribution in [3.8, 4) is 0 Å². The summed E-state index contributed by atoms with van der Waals surface area (Å²) in [6, 6.07) is 0. The van der Waals surface area contributed by atoms with E-state index in [1.165, 1.54) is 13.3 Å². The fourth-order valence-corrected chi connectivity index (χ4v) is 3.95. The van der Waals surface area contributed by atoms with Gasteiger partial charge in [-0.3, -0.25) is 4.79 Å². The number of hydrogen-bond donors (Lipinski definition) is 1. The van der Waals surface area contributed by atoms with Crippen LogP contribution in [0.25, 0.3) is 0 Å². The van der Waals surface area contributed by atoms with Gasteiger partial charge in [-0.15, -0.1) is 0 Å². The van der Waals surface area contributed by atoms with Crippen LogP contribution < -0.4 is 5.32 Å². The zero-order valence-corrected chi connectivity index (χ0v) is 15.2. The van der Waals surface area contributed by atoms with Gasteiger partial charge in [0.15, 0.2) is 0 Å². The zero-order valence-electron chi connectivity index (χ0n) is 15.2. The lowest BCUT2D eigenvalue weighted by atomic mass is 9.83. The number of nitrogens with zero attached hydrogens (tertiary/aromatic N) is 1. The van der Waals surface area contributed by atoms with Crippen LogP contribution in [0.1, 0.15) is 27.2 Å². The molecule has 25 heavy (non-hydrogen) atoms. The number of hydrogen-bond acceptors (Lipinski definition) is 5. The second-order valence-corrected chi connectivity index (χ2v) is 7.02. The fraction of sp³-hybridized carbons (Fsp3) is 0.667. The van der Waals surface area contributed by atoms with E-state index in [1.54, 1.807) is 0 Å². The minimum atomic E-state index is -0.706. The van der Waals surface area contributed by atoms with Gasteiger partial charge in [0.2, 0.25) is 0 Å². The summed E-state index contributed by atoms with van der Waals surface area (Å²) in [5.74, 6) is -0.167. The smallest absolute Gasteiger partial charge is 0.409 e. The van der Waals surface area contributed by atoms with Crippen LogP contribution in [0.4, 0.5) is 4.79 Å². The Morgan fingerprint density at radius 2 is 1.96 bits per heavy atom. The lowest BCUT2D eigenvalue weighted by molar-refractivity contribution is -0.143. The number of alkyl carbamates (subject to hydrolysis) is 1. The Hall–Kier alpha value is -2.02. The van der Waals surface area contributed by atoms with Crippen LogP contribution in [0.2, 0.25) is 0 Å². The van der Waals surface area contributed by atoms with Crippen LogP contribution in [0.15, 0.2) is 23.5 Å². The molecule has 1 fully saturated rings. The van der Waals surface area contributed by atoms with Gasteiger partial charge in [0.1, 0.15) is 0 Å². The molecule has 1 aliphatic carbocycles. The van der Waals surface area contributed by atoms with Crippen molar-refractivity contribution in [2.75, 3.05) is 20.1 Å². The lowest BCUT2D eigenvalue weighted by Crippen LogP contribution is -2.50. The maximum Gasteiger partial charge on any atom is 0.409 e. The normalized spacial score (nSPS) is 34.4. The van der Waals surface area contributed by atoms with Crippen molar-refractivity contribution < 1.29 is 23.8 Å². The quantitative estimate of drug-likeness (QED) is 0.769. The first-order valence-electron chi connectivity index (χ1n) is 8.76. The molecule has 1 N–H and O–H groups in total. The molecule has 0 saturated carbocycles. The van der Waals surface area contributed by atoms with E-state index in [0.717, 1.165) is 12.0 Å². The third-order valence-corrected chi connectivity index (χ3v) is 5.06. The molecular formula is C18H26N2O5. The van der Waals surface area contributed by atoms with E-state index < -0.39 is 12.4 Å². The van der Waals surface area contributed by atoms with Gasteiger partial charge in [-0.05, 0) is 27.2 Å². The molecule has 138 valence electrons. The fourth-order valence-electron chi connectivity index (χ4n) is 3.95. The van der Waals surface area contributed by atoms with Crippen LogP contribution in [0, 0.1) is 11.8 Å². The summed E-state index contributed by atoms with van der Waals surface area (Å²) in [5.41, 5.74) is 1.73. The summed E-state index contributed by atoms with van der Waals surface area (Å²) < 4.78 is 16.7. The highest BCUT2D eigenvalue weighted by atomic mass is 16.7. The number of carbonyl (C=O) groups excluding carboxylic acids is 2. The molecule has 5 unspecified atom stereocenters. The standard InChI is InChI=1S/C18H26N2O5/c1-10-5-6-13-14(9-23-17(15(10)13)25-18(22)19-4)16(21)20-7-11(2)24-12(3)8-20/h5,9,11-13,15,17H,6-8H2,1-4H3,(H,19,22). The largest absolute Gasteiger partial charge is 0.461 e. The number of fused-ring (bicyclic) bond motifs is 1. The highest BCUT2D eigenvalue weighted by Gasteiger charge is 2.45. The van der Waals surface area contributed by atoms with E-state index in [2.05, 4.69) is 11.4 Å². The predicted molar refractivity (Wildman–Crippen MR) is 90.4 cm³/mol. The van der Waals surface area contributed by atoms with E-state index in [4.69, 9.17) is 14.2 Å². The van der Waals surface area contributed by atoms with Gasteiger partial charge in [0.05, 0.1) is 30.0 Å². The van der Waals surface area contributed by atoms with Gasteiger partial charge in [-0.1, -0.05) is 11.6 Å². The molecule has 2 aliphatic heterocycles. The van der Waals surface area contributed by atoms with Gasteiger partial charge in [0.25, 0.3) is 12.2 Å². The number of nitrogens with one attached hydrogen (secondary N) is 1. The van der Waals surface area contributed by atoms with Crippen LogP contribution in [0.5, 0.6) is 0 Å². The predicted octanol–water partition coefficient (Wildman–Crippen LogP) is 1.80. The SMILES string of the molecule is CNC(=O)OC1OC=C(C(=O)N2CC(C)OC(C)C2)C2CC=C(C)C12. The first kappa shape index (κ1) is 17.8. The Kier molecular flexibility index (Phi) is 5.03. The number of morpholine rings is 1. The Balaban J connectivity index is 1.78. The molecule has 7 heteroatoms. The number of rotatable bonds is 2. The molecule has 7 nitrogen and oxygen atoms in total. The second kappa shape index (κ2) is 7.07. The van der Waals surface area contributed by atoms with Crippen LogP contribution in [-0.4, -0.2) is 55.5 Å². The summed E-state index contributed by atoms with van der Waals surface area (Å²) in [6.45, 7) is 7.07. The Morgan fingerprint density at radius 3 is 2.60 bits per heavy atom. The van der Waals surface area contributed by atoms with Crippen molar-refractivity contribution in [2.45, 2.75) is 45.7 Å². The average Bonchev–Trinajstić information content (AvgIpc) is 2.96. The van der Waals surface area contributed by atoms with E-state index in [1.807, 2.05) is 25.7 Å². The number of amides is 2. The van der Waals surface area contributed by atoms with Crippen molar-refractivity contribution in [3.05, 3.63) is 23.5 Å². The van der Waals surface area contributed by atoms with Gasteiger partial charge in [-0.2, -0.15) is 0 Å². The van der Waals surface area contributed by atoms with Crippen molar-refractivity contribution in [3.63, 3.8) is 0 Å². The highest BCUT2D eigenvalue weighted by Crippen LogP contribution is 2.43. The molecular weight excluding hydrogens is 324 g/mol. The first-order valence-corrected chi connectivity index (χ1v) is 8.76. The number of carbonyl (C=O) groups is 2. The summed E-state index contributed by atoms with van der Waals surface area (Å²) in [4.78, 5) is 26.5. The molecule has 2 amide bonds. The van der Waals surface area contributed by atoms with E-state index in [-0.39, 0.29) is 30.0 Å². The molecule has 0 spiro atoms. The van der Waals surface area contributed by atoms with Crippen LogP contribution >= 0.6 is 0 Å². The summed E-state index contributed by atoms with van der Waals surface area (Å²) in [6.07, 6.45) is 3.11. The Morgan fingerprint density at radius 1 is 1.28 bits per heavy atom. The van der Waals surface area contributed by atoms with Gasteiger partial charge in [-0.25, -0.2) is 4.79 Å². The summed E-state index contributed by atoms with van der Waals surface area (Å²) in [7, 11) is 1.51. The molecule has 3 rings (SSSR count). The monoisotopic (exact) mass is 350 g/mol. The molecule has 0 aromatic rings. The molecule has 2 heterocycles. The van der Waals surface area contributed by atoms with Crippen molar-refractivity contribution >= 4 is 12.0 Å². The topological polar surface area (TPSA) is 77.1 Å². The van der Waals surface area contributed by atoms with E-state index in [9.17, 15) is 9.59 Å². The maximum absolute atomic E-state index is 13.1. The molecule has 3 aliphatic rings. The minimum absolute atomic E-state index is 0.0152. The summed E-state index contributed by atoms with van der Waals surface area (Å²) >= 11 is 0. The third kappa shape index (κ3) is 3.51. The van der Waals surface area contributed by atoms with Crippen LogP contribution in [0.3, 0.4) is 0 Å². The van der Waals surface area contributed by atoms with E-state index in [0.29, 0.717) is 18.7 Å². The molecule has 5 atom stereocenters. The number of ether oxygens (including phenoxy) is 3. The molecule has 0 aromatic carbocycles. The molecule has 0 bridgehead atoms. The number of allylic oxidation sites excluding steroid dienone is 1. The highest BCUT2D eigenvalue weighted by molar-refractivity contribution is 5.94. The Labute approximate surface area is 148 Å². The first-order chi connectivity index (χ1) is 11.9. The minimum Gasteiger partial charge on any atom is -0.461 e. The lowest BCUT2D eigenvalue weighted by Gasteiger charge is -2.39. The maximum atomic E-state index is 13.1. The Bertz CT molecular complexity index is 605. The van der Waals surface area contributed by atoms with E-state index >= 15 is 0 Å². The zero-order chi connectivity index (χ0) is 18.1. The molecule has 1 saturated heterocycles. The average molecular weight is 350 g/mol. The molecule has 0 radical (unpaired) electrons. The molecule has 0 aromatic heterocycles. The van der Waals surface area contributed by atoms with Crippen molar-refractivity contribution in [1.82, 2.24) is 10.2 Å². The van der Waals surface area contributed by atoms with Crippen molar-refractivity contribution in [1.29, 1.82) is 0 Å². The van der Waals surface area contributed by atoms with Gasteiger partial charge >= 0.3 is 6.09 Å². The van der Waals surface area contributed by atoms with Gasteiger partial charge in [0, 0.05) is 26.1 Å². The third-order valence-electron chi connectivity index (χ3n) is 5.06.